The minimum absolute atomic E-state index is 0.262. The van der Waals surface area contributed by atoms with E-state index in [-0.39, 0.29) is 6.04 Å². The number of hydrogen-bond donors (Lipinski definition) is 0. The Morgan fingerprint density at radius 1 is 0.931 bits per heavy atom. The molecule has 0 unspecified atom stereocenters. The monoisotopic (exact) mass is 385 g/mol. The Kier molecular flexibility index (Phi) is 4.92. The van der Waals surface area contributed by atoms with Gasteiger partial charge in [-0.25, -0.2) is 4.98 Å². The summed E-state index contributed by atoms with van der Waals surface area (Å²) in [5.74, 6) is 1.40. The fourth-order valence-corrected chi connectivity index (χ4v) is 4.15. The minimum Gasteiger partial charge on any atom is -0.379 e. The molecule has 3 aromatic heterocycles. The van der Waals surface area contributed by atoms with E-state index in [0.717, 1.165) is 31.0 Å². The Morgan fingerprint density at radius 2 is 1.83 bits per heavy atom. The van der Waals surface area contributed by atoms with Crippen LogP contribution in [0.25, 0.3) is 11.4 Å². The highest BCUT2D eigenvalue weighted by atomic mass is 16.5. The Bertz CT molecular complexity index is 1060. The maximum atomic E-state index is 5.89. The van der Waals surface area contributed by atoms with Gasteiger partial charge in [-0.2, -0.15) is 5.10 Å². The van der Waals surface area contributed by atoms with Gasteiger partial charge in [0, 0.05) is 48.7 Å². The normalized spacial score (nSPS) is 18.9. The summed E-state index contributed by atoms with van der Waals surface area (Å²) in [7, 11) is 0. The molecule has 1 aromatic carbocycles. The number of rotatable bonds is 6. The Labute approximate surface area is 169 Å². The largest absolute Gasteiger partial charge is 0.379 e. The lowest BCUT2D eigenvalue weighted by Crippen LogP contribution is -2.20. The summed E-state index contributed by atoms with van der Waals surface area (Å²) in [4.78, 5) is 8.86. The van der Waals surface area contributed by atoms with Gasteiger partial charge >= 0.3 is 0 Å². The van der Waals surface area contributed by atoms with Crippen molar-refractivity contribution in [3.63, 3.8) is 0 Å². The molecule has 146 valence electrons. The summed E-state index contributed by atoms with van der Waals surface area (Å²) in [6, 6.07) is 14.8. The van der Waals surface area contributed by atoms with Crippen LogP contribution in [0.3, 0.4) is 0 Å². The molecule has 0 N–H and O–H groups in total. The predicted octanol–water partition coefficient (Wildman–Crippen LogP) is 3.62. The number of nitrogens with zero attached hydrogens (tertiary/aromatic N) is 5. The minimum atomic E-state index is 0.262. The predicted molar refractivity (Wildman–Crippen MR) is 110 cm³/mol. The highest BCUT2D eigenvalue weighted by Crippen LogP contribution is 2.33. The first kappa shape index (κ1) is 17.8. The third-order valence-electron chi connectivity index (χ3n) is 5.59. The van der Waals surface area contributed by atoms with Crippen LogP contribution < -0.4 is 0 Å². The van der Waals surface area contributed by atoms with Gasteiger partial charge in [-0.05, 0) is 35.7 Å². The second-order valence-electron chi connectivity index (χ2n) is 7.44. The zero-order valence-electron chi connectivity index (χ0n) is 16.1. The molecule has 6 heteroatoms. The number of ether oxygens (including phenoxy) is 1. The van der Waals surface area contributed by atoms with Gasteiger partial charge in [0.05, 0.1) is 25.8 Å². The van der Waals surface area contributed by atoms with E-state index in [1.807, 2.05) is 41.7 Å². The average Bonchev–Trinajstić information content (AvgIpc) is 3.51. The molecule has 0 spiro atoms. The second-order valence-corrected chi connectivity index (χ2v) is 7.44. The standard InChI is InChI=1S/C23H23N5O/c1-2-5-21(19(4-1)15-27-12-3-8-26-27)23-25-11-13-28(23)22-17-29-16-20(22)14-18-6-9-24-10-7-18/h1-13,20,22H,14-17H2/t20-,22-/m1/s1. The summed E-state index contributed by atoms with van der Waals surface area (Å²) >= 11 is 0. The molecule has 4 aromatic rings. The number of aromatic nitrogens is 5. The lowest BCUT2D eigenvalue weighted by atomic mass is 9.95. The lowest BCUT2D eigenvalue weighted by Gasteiger charge is -2.22. The van der Waals surface area contributed by atoms with Crippen molar-refractivity contribution in [2.75, 3.05) is 13.2 Å². The fraction of sp³-hybridized carbons (Fsp3) is 0.261. The zero-order valence-corrected chi connectivity index (χ0v) is 16.1. The molecule has 4 heterocycles. The highest BCUT2D eigenvalue weighted by molar-refractivity contribution is 5.61. The van der Waals surface area contributed by atoms with Crippen molar-refractivity contribution in [1.29, 1.82) is 0 Å². The summed E-state index contributed by atoms with van der Waals surface area (Å²) in [6.45, 7) is 2.19. The topological polar surface area (TPSA) is 57.8 Å². The van der Waals surface area contributed by atoms with Gasteiger partial charge in [0.25, 0.3) is 0 Å². The number of imidazole rings is 1. The van der Waals surface area contributed by atoms with Crippen LogP contribution in [0.4, 0.5) is 0 Å². The Hall–Kier alpha value is -3.25. The van der Waals surface area contributed by atoms with E-state index in [9.17, 15) is 0 Å². The van der Waals surface area contributed by atoms with Gasteiger partial charge in [-0.3, -0.25) is 9.67 Å². The summed E-state index contributed by atoms with van der Waals surface area (Å²) in [5.41, 5.74) is 3.64. The van der Waals surface area contributed by atoms with E-state index in [1.54, 1.807) is 0 Å². The van der Waals surface area contributed by atoms with Gasteiger partial charge in [0.1, 0.15) is 5.82 Å². The van der Waals surface area contributed by atoms with Crippen LogP contribution in [0.1, 0.15) is 17.2 Å². The van der Waals surface area contributed by atoms with Crippen LogP contribution in [-0.4, -0.2) is 37.5 Å². The molecule has 29 heavy (non-hydrogen) atoms. The van der Waals surface area contributed by atoms with Crippen LogP contribution in [0.5, 0.6) is 0 Å². The van der Waals surface area contributed by atoms with E-state index < -0.39 is 0 Å². The molecule has 0 amide bonds. The van der Waals surface area contributed by atoms with Crippen molar-refractivity contribution in [3.05, 3.63) is 90.8 Å². The molecular formula is C23H23N5O. The first-order valence-corrected chi connectivity index (χ1v) is 9.93. The van der Waals surface area contributed by atoms with Gasteiger partial charge in [0.2, 0.25) is 0 Å². The van der Waals surface area contributed by atoms with E-state index >= 15 is 0 Å². The number of hydrogen-bond acceptors (Lipinski definition) is 4. The first-order valence-electron chi connectivity index (χ1n) is 9.93. The zero-order chi connectivity index (χ0) is 19.5. The Balaban J connectivity index is 1.45. The molecule has 1 fully saturated rings. The molecule has 1 aliphatic heterocycles. The van der Waals surface area contributed by atoms with Crippen molar-refractivity contribution in [2.24, 2.45) is 5.92 Å². The van der Waals surface area contributed by atoms with E-state index in [4.69, 9.17) is 9.72 Å². The van der Waals surface area contributed by atoms with Crippen molar-refractivity contribution in [3.8, 4) is 11.4 Å². The maximum Gasteiger partial charge on any atom is 0.140 e. The van der Waals surface area contributed by atoms with Crippen LogP contribution in [0.2, 0.25) is 0 Å². The van der Waals surface area contributed by atoms with Gasteiger partial charge in [-0.1, -0.05) is 24.3 Å². The molecule has 0 aliphatic carbocycles. The number of benzene rings is 1. The first-order chi connectivity index (χ1) is 14.4. The summed E-state index contributed by atoms with van der Waals surface area (Å²) in [6.07, 6.45) is 12.4. The fourth-order valence-electron chi connectivity index (χ4n) is 4.15. The van der Waals surface area contributed by atoms with Gasteiger partial charge in [0.15, 0.2) is 0 Å². The molecule has 5 rings (SSSR count). The van der Waals surface area contributed by atoms with E-state index in [0.29, 0.717) is 12.5 Å². The second kappa shape index (κ2) is 8.01. The van der Waals surface area contributed by atoms with Crippen LogP contribution in [-0.2, 0) is 17.7 Å². The smallest absolute Gasteiger partial charge is 0.140 e. The van der Waals surface area contributed by atoms with Crippen molar-refractivity contribution >= 4 is 0 Å². The van der Waals surface area contributed by atoms with Gasteiger partial charge < -0.3 is 9.30 Å². The van der Waals surface area contributed by atoms with Crippen molar-refractivity contribution in [2.45, 2.75) is 19.0 Å². The average molecular weight is 385 g/mol. The molecular weight excluding hydrogens is 362 g/mol. The highest BCUT2D eigenvalue weighted by Gasteiger charge is 2.31. The molecule has 0 saturated carbocycles. The van der Waals surface area contributed by atoms with E-state index in [2.05, 4.69) is 57.2 Å². The molecule has 2 atom stereocenters. The van der Waals surface area contributed by atoms with Crippen LogP contribution >= 0.6 is 0 Å². The molecule has 0 bridgehead atoms. The molecule has 0 radical (unpaired) electrons. The SMILES string of the molecule is c1ccc(-c2nccn2[C@@H]2COC[C@H]2Cc2ccncc2)c(Cn2cccn2)c1. The Morgan fingerprint density at radius 3 is 2.69 bits per heavy atom. The van der Waals surface area contributed by atoms with Gasteiger partial charge in [-0.15, -0.1) is 0 Å². The number of pyridine rings is 1. The van der Waals surface area contributed by atoms with Crippen molar-refractivity contribution in [1.82, 2.24) is 24.3 Å². The third-order valence-corrected chi connectivity index (χ3v) is 5.59. The molecule has 1 aliphatic rings. The quantitative estimate of drug-likeness (QED) is 0.509. The van der Waals surface area contributed by atoms with E-state index in [1.165, 1.54) is 11.1 Å². The molecule has 1 saturated heterocycles. The maximum absolute atomic E-state index is 5.89. The molecule has 6 nitrogen and oxygen atoms in total. The summed E-state index contributed by atoms with van der Waals surface area (Å²) in [5, 5.41) is 4.36. The van der Waals surface area contributed by atoms with Crippen LogP contribution in [0, 0.1) is 5.92 Å². The lowest BCUT2D eigenvalue weighted by molar-refractivity contribution is 0.181. The third kappa shape index (κ3) is 3.71. The van der Waals surface area contributed by atoms with Crippen LogP contribution in [0.15, 0.2) is 79.6 Å². The van der Waals surface area contributed by atoms with Crippen molar-refractivity contribution < 1.29 is 4.74 Å². The summed E-state index contributed by atoms with van der Waals surface area (Å²) < 4.78 is 10.1.